The second-order valence-corrected chi connectivity index (χ2v) is 5.98. The third-order valence-electron chi connectivity index (χ3n) is 2.12. The van der Waals surface area contributed by atoms with E-state index in [9.17, 15) is 12.8 Å². The molecule has 2 aromatic rings. The summed E-state index contributed by atoms with van der Waals surface area (Å²) in [7, 11) is -4.01. The maximum atomic E-state index is 13.1. The van der Waals surface area contributed by atoms with Gasteiger partial charge < -0.3 is 5.73 Å². The van der Waals surface area contributed by atoms with Crippen molar-refractivity contribution in [1.82, 2.24) is 9.97 Å². The van der Waals surface area contributed by atoms with Crippen LogP contribution < -0.4 is 10.5 Å². The Morgan fingerprint density at radius 2 is 2.00 bits per heavy atom. The van der Waals surface area contributed by atoms with Crippen molar-refractivity contribution in [2.24, 2.45) is 0 Å². The molecule has 1 aromatic heterocycles. The fraction of sp³-hybridized carbons (Fsp3) is 0. The Morgan fingerprint density at radius 3 is 2.63 bits per heavy atom. The van der Waals surface area contributed by atoms with Crippen LogP contribution in [-0.2, 0) is 10.0 Å². The summed E-state index contributed by atoms with van der Waals surface area (Å²) in [6.45, 7) is 0. The summed E-state index contributed by atoms with van der Waals surface area (Å²) in [5.74, 6) is -0.691. The summed E-state index contributed by atoms with van der Waals surface area (Å²) in [6.07, 6.45) is 2.55. The molecule has 100 valence electrons. The molecule has 19 heavy (non-hydrogen) atoms. The van der Waals surface area contributed by atoms with E-state index < -0.39 is 15.8 Å². The fourth-order valence-electron chi connectivity index (χ4n) is 1.30. The number of anilines is 2. The molecule has 2 rings (SSSR count). The Hall–Kier alpha value is -1.74. The van der Waals surface area contributed by atoms with Crippen molar-refractivity contribution >= 4 is 37.5 Å². The number of rotatable bonds is 3. The number of hydrogen-bond donors (Lipinski definition) is 2. The number of nitrogens with two attached hydrogens (primary N) is 1. The van der Waals surface area contributed by atoms with Crippen molar-refractivity contribution in [3.05, 3.63) is 41.0 Å². The van der Waals surface area contributed by atoms with Crippen LogP contribution in [0.4, 0.5) is 15.9 Å². The molecule has 1 aromatic carbocycles. The lowest BCUT2D eigenvalue weighted by molar-refractivity contribution is 0.595. The molecule has 0 unspecified atom stereocenters. The number of nitrogens with one attached hydrogen (secondary N) is 1. The summed E-state index contributed by atoms with van der Waals surface area (Å²) < 4.78 is 39.8. The van der Waals surface area contributed by atoms with Gasteiger partial charge in [-0.1, -0.05) is 0 Å². The molecule has 0 bridgehead atoms. The van der Waals surface area contributed by atoms with Gasteiger partial charge in [0.05, 0.1) is 18.1 Å². The number of nitrogens with zero attached hydrogens (tertiary/aromatic N) is 2. The van der Waals surface area contributed by atoms with Gasteiger partial charge in [0.2, 0.25) is 0 Å². The molecule has 0 aliphatic carbocycles. The van der Waals surface area contributed by atoms with Crippen molar-refractivity contribution in [2.45, 2.75) is 4.90 Å². The third-order valence-corrected chi connectivity index (χ3v) is 3.94. The van der Waals surface area contributed by atoms with Gasteiger partial charge in [0.15, 0.2) is 5.82 Å². The predicted molar refractivity (Wildman–Crippen MR) is 71.4 cm³/mol. The van der Waals surface area contributed by atoms with E-state index in [1.54, 1.807) is 0 Å². The van der Waals surface area contributed by atoms with Crippen molar-refractivity contribution in [3.8, 4) is 0 Å². The van der Waals surface area contributed by atoms with Crippen LogP contribution in [0.1, 0.15) is 0 Å². The molecule has 0 spiro atoms. The zero-order valence-electron chi connectivity index (χ0n) is 9.34. The summed E-state index contributed by atoms with van der Waals surface area (Å²) in [5.41, 5.74) is 5.47. The van der Waals surface area contributed by atoms with Crippen LogP contribution in [0.3, 0.4) is 0 Å². The molecule has 0 aliphatic heterocycles. The Bertz CT molecular complexity index is 706. The standard InChI is InChI=1S/C10H8BrFN4O2S/c11-9-4-15-10(5-14-9)16-19(17,18)8-3-6(12)1-2-7(8)13/h1-5H,13H2,(H,15,16). The highest BCUT2D eigenvalue weighted by Gasteiger charge is 2.19. The zero-order chi connectivity index (χ0) is 14.0. The van der Waals surface area contributed by atoms with Gasteiger partial charge in [-0.05, 0) is 34.1 Å². The van der Waals surface area contributed by atoms with Crippen LogP contribution in [0, 0.1) is 5.82 Å². The Kier molecular flexibility index (Phi) is 3.67. The topological polar surface area (TPSA) is 98.0 Å². The molecule has 1 heterocycles. The SMILES string of the molecule is Nc1ccc(F)cc1S(=O)(=O)Nc1cnc(Br)cn1. The van der Waals surface area contributed by atoms with Crippen LogP contribution in [-0.4, -0.2) is 18.4 Å². The molecular formula is C10H8BrFN4O2S. The van der Waals surface area contributed by atoms with Crippen LogP contribution >= 0.6 is 15.9 Å². The first-order valence-electron chi connectivity index (χ1n) is 4.94. The molecule has 0 aliphatic rings. The van der Waals surface area contributed by atoms with Crippen molar-refractivity contribution in [1.29, 1.82) is 0 Å². The quantitative estimate of drug-likeness (QED) is 0.825. The van der Waals surface area contributed by atoms with Crippen molar-refractivity contribution < 1.29 is 12.8 Å². The maximum absolute atomic E-state index is 13.1. The highest BCUT2D eigenvalue weighted by molar-refractivity contribution is 9.10. The predicted octanol–water partition coefficient (Wildman–Crippen LogP) is 1.76. The largest absolute Gasteiger partial charge is 0.398 e. The molecule has 0 amide bonds. The fourth-order valence-corrected chi connectivity index (χ4v) is 2.64. The first kappa shape index (κ1) is 13.7. The highest BCUT2D eigenvalue weighted by Crippen LogP contribution is 2.21. The van der Waals surface area contributed by atoms with E-state index in [-0.39, 0.29) is 16.4 Å². The van der Waals surface area contributed by atoms with Crippen LogP contribution in [0.15, 0.2) is 40.1 Å². The van der Waals surface area contributed by atoms with E-state index in [2.05, 4.69) is 30.6 Å². The van der Waals surface area contributed by atoms with E-state index in [0.717, 1.165) is 12.1 Å². The van der Waals surface area contributed by atoms with Gasteiger partial charge >= 0.3 is 0 Å². The molecule has 6 nitrogen and oxygen atoms in total. The minimum Gasteiger partial charge on any atom is -0.398 e. The van der Waals surface area contributed by atoms with Gasteiger partial charge in [0, 0.05) is 0 Å². The van der Waals surface area contributed by atoms with Gasteiger partial charge in [-0.25, -0.2) is 22.8 Å². The van der Waals surface area contributed by atoms with Gasteiger partial charge in [-0.3, -0.25) is 4.72 Å². The number of aromatic nitrogens is 2. The van der Waals surface area contributed by atoms with Crippen LogP contribution in [0.25, 0.3) is 0 Å². The summed E-state index contributed by atoms with van der Waals surface area (Å²) in [5, 5.41) is 0. The number of benzene rings is 1. The van der Waals surface area contributed by atoms with Gasteiger partial charge in [0.25, 0.3) is 10.0 Å². The lowest BCUT2D eigenvalue weighted by Crippen LogP contribution is -2.16. The first-order valence-corrected chi connectivity index (χ1v) is 7.21. The summed E-state index contributed by atoms with van der Waals surface area (Å²) >= 11 is 3.07. The van der Waals surface area contributed by atoms with Crippen molar-refractivity contribution in [3.63, 3.8) is 0 Å². The minimum atomic E-state index is -4.01. The number of halogens is 2. The lowest BCUT2D eigenvalue weighted by Gasteiger charge is -2.09. The summed E-state index contributed by atoms with van der Waals surface area (Å²) in [4.78, 5) is 7.28. The van der Waals surface area contributed by atoms with Gasteiger partial charge in [-0.15, -0.1) is 0 Å². The maximum Gasteiger partial charge on any atom is 0.265 e. The first-order chi connectivity index (χ1) is 8.88. The van der Waals surface area contributed by atoms with E-state index in [4.69, 9.17) is 5.73 Å². The second kappa shape index (κ2) is 5.10. The number of hydrogen-bond acceptors (Lipinski definition) is 5. The zero-order valence-corrected chi connectivity index (χ0v) is 11.7. The average molecular weight is 347 g/mol. The van der Waals surface area contributed by atoms with Crippen LogP contribution in [0.2, 0.25) is 0 Å². The summed E-state index contributed by atoms with van der Waals surface area (Å²) in [6, 6.07) is 3.09. The lowest BCUT2D eigenvalue weighted by atomic mass is 10.3. The smallest absolute Gasteiger partial charge is 0.265 e. The van der Waals surface area contributed by atoms with E-state index in [1.807, 2.05) is 0 Å². The monoisotopic (exact) mass is 346 g/mol. The molecule has 0 fully saturated rings. The highest BCUT2D eigenvalue weighted by atomic mass is 79.9. The third kappa shape index (κ3) is 3.18. The van der Waals surface area contributed by atoms with E-state index >= 15 is 0 Å². The molecule has 0 radical (unpaired) electrons. The van der Waals surface area contributed by atoms with Gasteiger partial charge in [0.1, 0.15) is 15.3 Å². The Balaban J connectivity index is 2.37. The normalized spacial score (nSPS) is 11.3. The minimum absolute atomic E-state index is 0.00635. The molecule has 9 heteroatoms. The Labute approximate surface area is 117 Å². The number of nitrogen functional groups attached to an aromatic ring is 1. The molecule has 0 saturated heterocycles. The molecule has 0 saturated carbocycles. The second-order valence-electron chi connectivity index (χ2n) is 3.51. The molecule has 3 N–H and O–H groups in total. The Morgan fingerprint density at radius 1 is 1.26 bits per heavy atom. The molecule has 0 atom stereocenters. The van der Waals surface area contributed by atoms with Crippen molar-refractivity contribution in [2.75, 3.05) is 10.5 Å². The average Bonchev–Trinajstić information content (AvgIpc) is 2.35. The van der Waals surface area contributed by atoms with E-state index in [0.29, 0.717) is 4.60 Å². The van der Waals surface area contributed by atoms with Crippen LogP contribution in [0.5, 0.6) is 0 Å². The number of sulfonamides is 1. The van der Waals surface area contributed by atoms with Gasteiger partial charge in [-0.2, -0.15) is 0 Å². The van der Waals surface area contributed by atoms with E-state index in [1.165, 1.54) is 18.5 Å². The molecular weight excluding hydrogens is 339 g/mol.